The Labute approximate surface area is 141 Å². The minimum atomic E-state index is -0.614. The van der Waals surface area contributed by atoms with Gasteiger partial charge in [-0.05, 0) is 42.5 Å². The van der Waals surface area contributed by atoms with Crippen LogP contribution in [0.15, 0.2) is 46.9 Å². The van der Waals surface area contributed by atoms with Crippen LogP contribution in [0.4, 0.5) is 10.1 Å². The van der Waals surface area contributed by atoms with Crippen LogP contribution in [0, 0.1) is 5.82 Å². The van der Waals surface area contributed by atoms with Crippen LogP contribution in [0.1, 0.15) is 10.7 Å². The highest BCUT2D eigenvalue weighted by Crippen LogP contribution is 2.28. The highest BCUT2D eigenvalue weighted by Gasteiger charge is 2.18. The highest BCUT2D eigenvalue weighted by atomic mass is 35.5. The normalized spacial score (nSPS) is 10.5. The number of anilines is 1. The van der Waals surface area contributed by atoms with Crippen molar-refractivity contribution in [2.75, 3.05) is 12.4 Å². The predicted molar refractivity (Wildman–Crippen MR) is 85.6 cm³/mol. The zero-order chi connectivity index (χ0) is 17.1. The number of hydrogen-bond acceptors (Lipinski definition) is 5. The second-order valence-corrected chi connectivity index (χ2v) is 5.15. The van der Waals surface area contributed by atoms with Crippen molar-refractivity contribution < 1.29 is 18.3 Å². The van der Waals surface area contributed by atoms with Crippen molar-refractivity contribution >= 4 is 23.2 Å². The molecule has 122 valence electrons. The molecule has 0 saturated carbocycles. The first-order chi connectivity index (χ1) is 11.6. The average molecular weight is 348 g/mol. The van der Waals surface area contributed by atoms with E-state index >= 15 is 0 Å². The zero-order valence-electron chi connectivity index (χ0n) is 12.4. The van der Waals surface area contributed by atoms with Gasteiger partial charge in [-0.2, -0.15) is 0 Å². The number of rotatable bonds is 4. The molecule has 0 aliphatic carbocycles. The zero-order valence-corrected chi connectivity index (χ0v) is 13.2. The molecule has 0 fully saturated rings. The van der Waals surface area contributed by atoms with Gasteiger partial charge in [-0.1, -0.05) is 11.6 Å². The summed E-state index contributed by atoms with van der Waals surface area (Å²) in [6.07, 6.45) is 0. The monoisotopic (exact) mass is 347 g/mol. The third-order valence-corrected chi connectivity index (χ3v) is 3.36. The van der Waals surface area contributed by atoms with Crippen LogP contribution in [-0.4, -0.2) is 23.2 Å². The van der Waals surface area contributed by atoms with Crippen molar-refractivity contribution in [3.05, 3.63) is 59.2 Å². The molecule has 3 aromatic rings. The van der Waals surface area contributed by atoms with Crippen LogP contribution in [0.3, 0.4) is 0 Å². The van der Waals surface area contributed by atoms with Crippen LogP contribution in [0.25, 0.3) is 11.5 Å². The Bertz CT molecular complexity index is 881. The Morgan fingerprint density at radius 3 is 2.67 bits per heavy atom. The Hall–Kier alpha value is -2.93. The van der Waals surface area contributed by atoms with E-state index in [0.29, 0.717) is 22.0 Å². The number of nitrogens with zero attached hydrogens (tertiary/aromatic N) is 2. The molecular weight excluding hydrogens is 337 g/mol. The summed E-state index contributed by atoms with van der Waals surface area (Å²) >= 11 is 5.91. The first kappa shape index (κ1) is 15.9. The Kier molecular flexibility index (Phi) is 4.43. The summed E-state index contributed by atoms with van der Waals surface area (Å²) in [5.41, 5.74) is 0.875. The molecule has 24 heavy (non-hydrogen) atoms. The van der Waals surface area contributed by atoms with Crippen molar-refractivity contribution in [2.24, 2.45) is 0 Å². The van der Waals surface area contributed by atoms with Crippen LogP contribution >= 0.6 is 11.6 Å². The van der Waals surface area contributed by atoms with Gasteiger partial charge in [0.1, 0.15) is 11.6 Å². The molecule has 1 heterocycles. The van der Waals surface area contributed by atoms with Crippen LogP contribution in [0.2, 0.25) is 5.02 Å². The molecular formula is C16H11ClFN3O3. The maximum atomic E-state index is 12.9. The van der Waals surface area contributed by atoms with E-state index in [1.807, 2.05) is 0 Å². The van der Waals surface area contributed by atoms with Gasteiger partial charge in [0.25, 0.3) is 0 Å². The number of carbonyl (C=O) groups excluding carboxylic acids is 1. The summed E-state index contributed by atoms with van der Waals surface area (Å²) in [6, 6.07) is 10.3. The molecule has 1 aromatic heterocycles. The maximum absolute atomic E-state index is 12.9. The molecule has 6 nitrogen and oxygen atoms in total. The van der Waals surface area contributed by atoms with Crippen molar-refractivity contribution in [2.45, 2.75) is 0 Å². The minimum Gasteiger partial charge on any atom is -0.495 e. The van der Waals surface area contributed by atoms with Gasteiger partial charge in [0.15, 0.2) is 0 Å². The number of nitrogens with one attached hydrogen (secondary N) is 1. The van der Waals surface area contributed by atoms with Crippen LogP contribution in [-0.2, 0) is 0 Å². The fourth-order valence-corrected chi connectivity index (χ4v) is 2.15. The Morgan fingerprint density at radius 1 is 1.21 bits per heavy atom. The molecule has 3 rings (SSSR count). The van der Waals surface area contributed by atoms with Crippen molar-refractivity contribution in [3.8, 4) is 17.2 Å². The largest absolute Gasteiger partial charge is 0.495 e. The molecule has 0 aliphatic heterocycles. The standard InChI is InChI=1S/C16H11ClFN3O3/c1-23-13-7-4-10(17)8-12(13)19-14(22)16-21-20-15(24-16)9-2-5-11(18)6-3-9/h2-8H,1H3,(H,19,22). The third-order valence-electron chi connectivity index (χ3n) is 3.12. The third kappa shape index (κ3) is 3.36. The molecule has 0 radical (unpaired) electrons. The van der Waals surface area contributed by atoms with Gasteiger partial charge in [-0.25, -0.2) is 4.39 Å². The number of aromatic nitrogens is 2. The maximum Gasteiger partial charge on any atom is 0.313 e. The Morgan fingerprint density at radius 2 is 1.96 bits per heavy atom. The van der Waals surface area contributed by atoms with Crippen molar-refractivity contribution in [3.63, 3.8) is 0 Å². The van der Waals surface area contributed by atoms with E-state index in [1.54, 1.807) is 12.1 Å². The van der Waals surface area contributed by atoms with E-state index in [0.717, 1.165) is 0 Å². The van der Waals surface area contributed by atoms with Crippen LogP contribution in [0.5, 0.6) is 5.75 Å². The summed E-state index contributed by atoms with van der Waals surface area (Å²) in [4.78, 5) is 12.2. The number of methoxy groups -OCH3 is 1. The first-order valence-electron chi connectivity index (χ1n) is 6.81. The molecule has 0 aliphatic rings. The van der Waals surface area contributed by atoms with Crippen molar-refractivity contribution in [1.82, 2.24) is 10.2 Å². The summed E-state index contributed by atoms with van der Waals surface area (Å²) in [7, 11) is 1.47. The smallest absolute Gasteiger partial charge is 0.313 e. The first-order valence-corrected chi connectivity index (χ1v) is 7.19. The van der Waals surface area contributed by atoms with E-state index in [2.05, 4.69) is 15.5 Å². The van der Waals surface area contributed by atoms with Gasteiger partial charge in [-0.15, -0.1) is 10.2 Å². The molecule has 0 spiro atoms. The lowest BCUT2D eigenvalue weighted by Gasteiger charge is -2.08. The van der Waals surface area contributed by atoms with E-state index in [9.17, 15) is 9.18 Å². The van der Waals surface area contributed by atoms with Gasteiger partial charge in [0, 0.05) is 10.6 Å². The number of carbonyl (C=O) groups is 1. The molecule has 2 aromatic carbocycles. The quantitative estimate of drug-likeness (QED) is 0.777. The Balaban J connectivity index is 1.81. The van der Waals surface area contributed by atoms with Gasteiger partial charge in [-0.3, -0.25) is 4.79 Å². The number of ether oxygens (including phenoxy) is 1. The van der Waals surface area contributed by atoms with E-state index in [-0.39, 0.29) is 17.6 Å². The molecule has 0 saturated heterocycles. The summed E-state index contributed by atoms with van der Waals surface area (Å²) in [5, 5.41) is 10.5. The van der Waals surface area contributed by atoms with Crippen molar-refractivity contribution in [1.29, 1.82) is 0 Å². The van der Waals surface area contributed by atoms with E-state index < -0.39 is 5.91 Å². The summed E-state index contributed by atoms with van der Waals surface area (Å²) in [5.74, 6) is -0.693. The summed E-state index contributed by atoms with van der Waals surface area (Å²) < 4.78 is 23.4. The number of halogens is 2. The minimum absolute atomic E-state index is 0.109. The number of benzene rings is 2. The van der Waals surface area contributed by atoms with Gasteiger partial charge >= 0.3 is 11.8 Å². The molecule has 0 unspecified atom stereocenters. The SMILES string of the molecule is COc1ccc(Cl)cc1NC(=O)c1nnc(-c2ccc(F)cc2)o1. The molecule has 0 bridgehead atoms. The molecule has 1 amide bonds. The second-order valence-electron chi connectivity index (χ2n) is 4.72. The number of hydrogen-bond donors (Lipinski definition) is 1. The van der Waals surface area contributed by atoms with Crippen LogP contribution < -0.4 is 10.1 Å². The molecule has 0 atom stereocenters. The molecule has 8 heteroatoms. The topological polar surface area (TPSA) is 77.2 Å². The highest BCUT2D eigenvalue weighted by molar-refractivity contribution is 6.31. The number of amides is 1. The van der Waals surface area contributed by atoms with Gasteiger partial charge in [0.05, 0.1) is 12.8 Å². The summed E-state index contributed by atoms with van der Waals surface area (Å²) in [6.45, 7) is 0. The van der Waals surface area contributed by atoms with E-state index in [1.165, 1.54) is 37.4 Å². The molecule has 1 N–H and O–H groups in total. The van der Waals surface area contributed by atoms with Gasteiger partial charge in [0.2, 0.25) is 5.89 Å². The lowest BCUT2D eigenvalue weighted by Crippen LogP contribution is -2.13. The average Bonchev–Trinajstić information content (AvgIpc) is 3.06. The lowest BCUT2D eigenvalue weighted by atomic mass is 10.2. The van der Waals surface area contributed by atoms with E-state index in [4.69, 9.17) is 20.8 Å². The van der Waals surface area contributed by atoms with Gasteiger partial charge < -0.3 is 14.5 Å². The lowest BCUT2D eigenvalue weighted by molar-refractivity contribution is 0.0990. The fourth-order valence-electron chi connectivity index (χ4n) is 1.98. The second kappa shape index (κ2) is 6.67. The fraction of sp³-hybridized carbons (Fsp3) is 0.0625. The predicted octanol–water partition coefficient (Wildman–Crippen LogP) is 3.79.